The minimum atomic E-state index is 0.0716. The molecule has 84 valence electrons. The summed E-state index contributed by atoms with van der Waals surface area (Å²) < 4.78 is 5.02. The number of hydrogen-bond donors (Lipinski definition) is 2. The van der Waals surface area contributed by atoms with E-state index in [4.69, 9.17) is 4.74 Å². The van der Waals surface area contributed by atoms with E-state index in [1.807, 2.05) is 20.8 Å². The number of rotatable bonds is 7. The highest BCUT2D eigenvalue weighted by Gasteiger charge is 2.08. The van der Waals surface area contributed by atoms with Crippen LogP contribution in [0, 0.1) is 0 Å². The molecule has 0 saturated carbocycles. The number of carbonyl (C=O) groups excluding carboxylic acids is 1. The third-order valence-electron chi connectivity index (χ3n) is 2.03. The Morgan fingerprint density at radius 2 is 2.07 bits per heavy atom. The first-order valence-electron chi connectivity index (χ1n) is 5.13. The number of hydrogen-bond acceptors (Lipinski definition) is 3. The lowest BCUT2D eigenvalue weighted by molar-refractivity contribution is -0.122. The maximum atomic E-state index is 11.3. The molecule has 0 rings (SSSR count). The molecule has 0 aromatic heterocycles. The molecule has 0 fully saturated rings. The summed E-state index contributed by atoms with van der Waals surface area (Å²) in [5.74, 6) is 0.0716. The van der Waals surface area contributed by atoms with Crippen molar-refractivity contribution in [2.75, 3.05) is 20.2 Å². The summed E-state index contributed by atoms with van der Waals surface area (Å²) in [5, 5.41) is 6.00. The summed E-state index contributed by atoms with van der Waals surface area (Å²) in [4.78, 5) is 11.3. The van der Waals surface area contributed by atoms with Crippen LogP contribution in [0.4, 0.5) is 0 Å². The van der Waals surface area contributed by atoms with Gasteiger partial charge in [0.2, 0.25) is 5.91 Å². The number of carbonyl (C=O) groups is 1. The van der Waals surface area contributed by atoms with Crippen LogP contribution in [0.2, 0.25) is 0 Å². The molecule has 14 heavy (non-hydrogen) atoms. The fourth-order valence-electron chi connectivity index (χ4n) is 1.11. The molecule has 0 spiro atoms. The molecule has 2 unspecified atom stereocenters. The van der Waals surface area contributed by atoms with E-state index in [1.165, 1.54) is 0 Å². The normalized spacial score (nSPS) is 14.9. The zero-order valence-corrected chi connectivity index (χ0v) is 9.59. The van der Waals surface area contributed by atoms with Gasteiger partial charge in [-0.1, -0.05) is 6.92 Å². The molecule has 0 aliphatic carbocycles. The molecular weight excluding hydrogens is 180 g/mol. The van der Waals surface area contributed by atoms with E-state index < -0.39 is 0 Å². The van der Waals surface area contributed by atoms with Crippen molar-refractivity contribution in [3.05, 3.63) is 0 Å². The Labute approximate surface area is 86.4 Å². The van der Waals surface area contributed by atoms with Gasteiger partial charge in [0.1, 0.15) is 0 Å². The average molecular weight is 202 g/mol. The predicted molar refractivity (Wildman–Crippen MR) is 57.2 cm³/mol. The van der Waals surface area contributed by atoms with Crippen LogP contribution in [0.3, 0.4) is 0 Å². The van der Waals surface area contributed by atoms with Gasteiger partial charge < -0.3 is 15.4 Å². The fraction of sp³-hybridized carbons (Fsp3) is 0.900. The first-order valence-corrected chi connectivity index (χ1v) is 5.13. The highest BCUT2D eigenvalue weighted by atomic mass is 16.5. The highest BCUT2D eigenvalue weighted by molar-refractivity contribution is 5.76. The van der Waals surface area contributed by atoms with Gasteiger partial charge in [-0.3, -0.25) is 4.79 Å². The van der Waals surface area contributed by atoms with Crippen LogP contribution in [0.1, 0.15) is 27.2 Å². The molecule has 2 N–H and O–H groups in total. The summed E-state index contributed by atoms with van der Waals surface area (Å²) >= 11 is 0. The lowest BCUT2D eigenvalue weighted by atomic mass is 10.2. The van der Waals surface area contributed by atoms with Gasteiger partial charge in [-0.2, -0.15) is 0 Å². The van der Waals surface area contributed by atoms with E-state index in [0.29, 0.717) is 13.0 Å². The highest BCUT2D eigenvalue weighted by Crippen LogP contribution is 1.91. The van der Waals surface area contributed by atoms with E-state index in [2.05, 4.69) is 10.6 Å². The molecule has 0 aromatic rings. The molecule has 0 heterocycles. The maximum absolute atomic E-state index is 11.3. The van der Waals surface area contributed by atoms with Crippen molar-refractivity contribution < 1.29 is 9.53 Å². The van der Waals surface area contributed by atoms with Gasteiger partial charge in [0.05, 0.1) is 6.10 Å². The number of ether oxygens (including phenoxy) is 1. The molecule has 4 nitrogen and oxygen atoms in total. The summed E-state index contributed by atoms with van der Waals surface area (Å²) in [6, 6.07) is 0.234. The van der Waals surface area contributed by atoms with Crippen LogP contribution >= 0.6 is 0 Å². The van der Waals surface area contributed by atoms with E-state index in [-0.39, 0.29) is 18.1 Å². The Morgan fingerprint density at radius 1 is 1.43 bits per heavy atom. The lowest BCUT2D eigenvalue weighted by Gasteiger charge is -2.14. The standard InChI is InChI=1S/C10H22N2O2/c1-5-11-8(2)6-10(13)12-7-9(3)14-4/h8-9,11H,5-7H2,1-4H3,(H,12,13). The fourth-order valence-corrected chi connectivity index (χ4v) is 1.11. The Morgan fingerprint density at radius 3 is 2.57 bits per heavy atom. The summed E-state index contributed by atoms with van der Waals surface area (Å²) in [6.07, 6.45) is 0.595. The third-order valence-corrected chi connectivity index (χ3v) is 2.03. The monoisotopic (exact) mass is 202 g/mol. The first kappa shape index (κ1) is 13.4. The van der Waals surface area contributed by atoms with E-state index in [1.54, 1.807) is 7.11 Å². The van der Waals surface area contributed by atoms with Crippen LogP contribution in [0.5, 0.6) is 0 Å². The Balaban J connectivity index is 3.54. The molecule has 1 amide bonds. The summed E-state index contributed by atoms with van der Waals surface area (Å²) in [5.41, 5.74) is 0. The first-order chi connectivity index (χ1) is 6.60. The SMILES string of the molecule is CCNC(C)CC(=O)NCC(C)OC. The summed E-state index contributed by atoms with van der Waals surface area (Å²) in [6.45, 7) is 7.43. The molecular formula is C10H22N2O2. The van der Waals surface area contributed by atoms with Crippen molar-refractivity contribution in [1.29, 1.82) is 0 Å². The molecule has 0 aromatic carbocycles. The number of amides is 1. The second-order valence-corrected chi connectivity index (χ2v) is 3.51. The average Bonchev–Trinajstić information content (AvgIpc) is 2.14. The minimum absolute atomic E-state index is 0.0716. The van der Waals surface area contributed by atoms with Crippen molar-refractivity contribution >= 4 is 5.91 Å². The molecule has 2 atom stereocenters. The van der Waals surface area contributed by atoms with Crippen molar-refractivity contribution in [2.24, 2.45) is 0 Å². The smallest absolute Gasteiger partial charge is 0.221 e. The molecule has 0 aliphatic heterocycles. The lowest BCUT2D eigenvalue weighted by Crippen LogP contribution is -2.36. The van der Waals surface area contributed by atoms with Crippen LogP contribution in [-0.4, -0.2) is 38.3 Å². The number of methoxy groups -OCH3 is 1. The van der Waals surface area contributed by atoms with Crippen LogP contribution in [-0.2, 0) is 9.53 Å². The zero-order chi connectivity index (χ0) is 11.0. The van der Waals surface area contributed by atoms with E-state index in [0.717, 1.165) is 6.54 Å². The van der Waals surface area contributed by atoms with Crippen molar-refractivity contribution in [2.45, 2.75) is 39.3 Å². The Kier molecular flexibility index (Phi) is 7.42. The molecule has 0 bridgehead atoms. The maximum Gasteiger partial charge on any atom is 0.221 e. The van der Waals surface area contributed by atoms with Gasteiger partial charge in [0.25, 0.3) is 0 Å². The van der Waals surface area contributed by atoms with Crippen LogP contribution in [0.15, 0.2) is 0 Å². The van der Waals surface area contributed by atoms with Crippen molar-refractivity contribution in [1.82, 2.24) is 10.6 Å². The van der Waals surface area contributed by atoms with Crippen molar-refractivity contribution in [3.63, 3.8) is 0 Å². The summed E-state index contributed by atoms with van der Waals surface area (Å²) in [7, 11) is 1.64. The topological polar surface area (TPSA) is 50.4 Å². The predicted octanol–water partition coefficient (Wildman–Crippen LogP) is 0.526. The molecule has 0 aliphatic rings. The third kappa shape index (κ3) is 6.86. The molecule has 0 saturated heterocycles. The zero-order valence-electron chi connectivity index (χ0n) is 9.59. The van der Waals surface area contributed by atoms with Crippen molar-refractivity contribution in [3.8, 4) is 0 Å². The van der Waals surface area contributed by atoms with Crippen LogP contribution < -0.4 is 10.6 Å². The van der Waals surface area contributed by atoms with Gasteiger partial charge in [0.15, 0.2) is 0 Å². The number of nitrogens with one attached hydrogen (secondary N) is 2. The molecule has 0 radical (unpaired) electrons. The van der Waals surface area contributed by atoms with Gasteiger partial charge in [-0.15, -0.1) is 0 Å². The molecule has 4 heteroatoms. The van der Waals surface area contributed by atoms with Gasteiger partial charge in [-0.25, -0.2) is 0 Å². The van der Waals surface area contributed by atoms with Crippen LogP contribution in [0.25, 0.3) is 0 Å². The second kappa shape index (κ2) is 7.76. The second-order valence-electron chi connectivity index (χ2n) is 3.51. The van der Waals surface area contributed by atoms with Gasteiger partial charge >= 0.3 is 0 Å². The Bertz CT molecular complexity index is 162. The minimum Gasteiger partial charge on any atom is -0.380 e. The largest absolute Gasteiger partial charge is 0.380 e. The van der Waals surface area contributed by atoms with Gasteiger partial charge in [0, 0.05) is 26.1 Å². The Hall–Kier alpha value is -0.610. The van der Waals surface area contributed by atoms with Gasteiger partial charge in [-0.05, 0) is 20.4 Å². The van der Waals surface area contributed by atoms with E-state index in [9.17, 15) is 4.79 Å². The van der Waals surface area contributed by atoms with E-state index >= 15 is 0 Å². The quantitative estimate of drug-likeness (QED) is 0.633.